The first kappa shape index (κ1) is 10.3. The first-order valence-corrected chi connectivity index (χ1v) is 6.39. The van der Waals surface area contributed by atoms with Crippen LogP contribution in [0.2, 0.25) is 0 Å². The van der Waals surface area contributed by atoms with Crippen LogP contribution < -0.4 is 0 Å². The van der Waals surface area contributed by atoms with Gasteiger partial charge in [-0.2, -0.15) is 0 Å². The van der Waals surface area contributed by atoms with E-state index in [1.807, 2.05) is 6.07 Å². The number of likely N-dealkylation sites (tertiary alicyclic amines) is 1. The standard InChI is InChI=1S/C15H19NO2/c17-14(16-12-6-11-15(16)18)10-5-4-9-13-7-2-1-3-8-13/h1-3,7-8H,4-6,9-12H2/i9D2. The topological polar surface area (TPSA) is 37.4 Å². The van der Waals surface area contributed by atoms with Crippen molar-refractivity contribution in [1.82, 2.24) is 4.90 Å². The average Bonchev–Trinajstić information content (AvgIpc) is 2.86. The van der Waals surface area contributed by atoms with Crippen molar-refractivity contribution in [3.63, 3.8) is 0 Å². The molecule has 0 atom stereocenters. The molecule has 3 heteroatoms. The van der Waals surface area contributed by atoms with Crippen LogP contribution in [0.5, 0.6) is 0 Å². The van der Waals surface area contributed by atoms with Gasteiger partial charge in [0, 0.05) is 22.1 Å². The van der Waals surface area contributed by atoms with Crippen molar-refractivity contribution in [3.8, 4) is 0 Å². The van der Waals surface area contributed by atoms with Gasteiger partial charge in [0.1, 0.15) is 0 Å². The molecule has 0 aliphatic carbocycles. The fraction of sp³-hybridized carbons (Fsp3) is 0.467. The van der Waals surface area contributed by atoms with E-state index in [1.165, 1.54) is 4.90 Å². The van der Waals surface area contributed by atoms with Crippen LogP contribution in [0.3, 0.4) is 0 Å². The highest BCUT2D eigenvalue weighted by molar-refractivity contribution is 5.96. The van der Waals surface area contributed by atoms with Gasteiger partial charge in [0.15, 0.2) is 0 Å². The predicted molar refractivity (Wildman–Crippen MR) is 70.0 cm³/mol. The van der Waals surface area contributed by atoms with E-state index < -0.39 is 6.37 Å². The first-order valence-electron chi connectivity index (χ1n) is 7.39. The van der Waals surface area contributed by atoms with Crippen molar-refractivity contribution in [3.05, 3.63) is 35.9 Å². The molecule has 3 nitrogen and oxygen atoms in total. The number of hydrogen-bond donors (Lipinski definition) is 0. The third-order valence-electron chi connectivity index (χ3n) is 3.04. The van der Waals surface area contributed by atoms with Gasteiger partial charge in [0.2, 0.25) is 11.8 Å². The number of rotatable bonds is 5. The van der Waals surface area contributed by atoms with Crippen LogP contribution in [0, 0.1) is 0 Å². The summed E-state index contributed by atoms with van der Waals surface area (Å²) in [5, 5.41) is 0. The molecule has 1 saturated heterocycles. The van der Waals surface area contributed by atoms with E-state index in [9.17, 15) is 9.59 Å². The summed E-state index contributed by atoms with van der Waals surface area (Å²) in [6, 6.07) is 8.97. The van der Waals surface area contributed by atoms with Gasteiger partial charge in [0.25, 0.3) is 0 Å². The molecule has 2 amide bonds. The fourth-order valence-corrected chi connectivity index (χ4v) is 2.08. The van der Waals surface area contributed by atoms with E-state index in [1.54, 1.807) is 24.3 Å². The molecule has 1 aromatic rings. The van der Waals surface area contributed by atoms with Crippen molar-refractivity contribution >= 4 is 11.8 Å². The van der Waals surface area contributed by atoms with Gasteiger partial charge in [-0.3, -0.25) is 14.5 Å². The minimum absolute atomic E-state index is 0.0962. The molecule has 18 heavy (non-hydrogen) atoms. The summed E-state index contributed by atoms with van der Waals surface area (Å²) in [6.07, 6.45) is 0.732. The Morgan fingerprint density at radius 1 is 1.28 bits per heavy atom. The van der Waals surface area contributed by atoms with Gasteiger partial charge >= 0.3 is 0 Å². The van der Waals surface area contributed by atoms with Gasteiger partial charge < -0.3 is 0 Å². The highest BCUT2D eigenvalue weighted by atomic mass is 16.2. The number of carbonyl (C=O) groups excluding carboxylic acids is 2. The van der Waals surface area contributed by atoms with E-state index in [0.29, 0.717) is 24.9 Å². The van der Waals surface area contributed by atoms with Crippen LogP contribution in [0.25, 0.3) is 0 Å². The average molecular weight is 247 g/mol. The quantitative estimate of drug-likeness (QED) is 0.802. The summed E-state index contributed by atoms with van der Waals surface area (Å²) in [6.45, 7) is 0.517. The predicted octanol–water partition coefficient (Wildman–Crippen LogP) is 2.55. The number of carbonyl (C=O) groups is 2. The van der Waals surface area contributed by atoms with Gasteiger partial charge in [-0.05, 0) is 31.2 Å². The molecule has 0 aromatic heterocycles. The molecule has 0 bridgehead atoms. The minimum atomic E-state index is -1.43. The Morgan fingerprint density at radius 2 is 2.06 bits per heavy atom. The van der Waals surface area contributed by atoms with E-state index in [4.69, 9.17) is 2.74 Å². The Bertz CT molecular complexity index is 488. The molecule has 0 radical (unpaired) electrons. The SMILES string of the molecule is [2H]C([2H])(CCCC(=O)N1CCCC1=O)c1ccccc1. The van der Waals surface area contributed by atoms with E-state index in [2.05, 4.69) is 0 Å². The number of nitrogens with zero attached hydrogens (tertiary/aromatic N) is 1. The molecule has 1 fully saturated rings. The van der Waals surface area contributed by atoms with Gasteiger partial charge in [0.05, 0.1) is 0 Å². The summed E-state index contributed by atoms with van der Waals surface area (Å²) in [5.74, 6) is -0.266. The van der Waals surface area contributed by atoms with Crippen LogP contribution in [-0.4, -0.2) is 23.3 Å². The van der Waals surface area contributed by atoms with Gasteiger partial charge in [-0.1, -0.05) is 30.3 Å². The highest BCUT2D eigenvalue weighted by Gasteiger charge is 2.25. The smallest absolute Gasteiger partial charge is 0.229 e. The van der Waals surface area contributed by atoms with Crippen LogP contribution in [-0.2, 0) is 16.0 Å². The summed E-state index contributed by atoms with van der Waals surface area (Å²) in [5.41, 5.74) is 0.629. The molecule has 1 aromatic carbocycles. The van der Waals surface area contributed by atoms with Gasteiger partial charge in [-0.25, -0.2) is 0 Å². The lowest BCUT2D eigenvalue weighted by molar-refractivity contribution is -0.141. The molecule has 1 aliphatic rings. The molecule has 96 valence electrons. The summed E-state index contributed by atoms with van der Waals surface area (Å²) in [7, 11) is 0. The van der Waals surface area contributed by atoms with Crippen molar-refractivity contribution in [2.75, 3.05) is 6.54 Å². The Hall–Kier alpha value is -1.64. The number of amides is 2. The summed E-state index contributed by atoms with van der Waals surface area (Å²) >= 11 is 0. The zero-order valence-electron chi connectivity index (χ0n) is 12.4. The Labute approximate surface area is 111 Å². The maximum absolute atomic E-state index is 11.9. The van der Waals surface area contributed by atoms with Crippen LogP contribution in [0.15, 0.2) is 30.3 Å². The van der Waals surface area contributed by atoms with E-state index in [-0.39, 0.29) is 24.7 Å². The molecular formula is C15H19NO2. The molecular weight excluding hydrogens is 226 g/mol. The fourth-order valence-electron chi connectivity index (χ4n) is 2.08. The van der Waals surface area contributed by atoms with Crippen LogP contribution >= 0.6 is 0 Å². The number of aryl methyl sites for hydroxylation is 1. The number of benzene rings is 1. The third kappa shape index (κ3) is 3.42. The monoisotopic (exact) mass is 247 g/mol. The number of imide groups is 1. The largest absolute Gasteiger partial charge is 0.283 e. The van der Waals surface area contributed by atoms with Crippen LogP contribution in [0.4, 0.5) is 0 Å². The van der Waals surface area contributed by atoms with Crippen molar-refractivity contribution in [1.29, 1.82) is 0 Å². The lowest BCUT2D eigenvalue weighted by Gasteiger charge is -2.12. The lowest BCUT2D eigenvalue weighted by atomic mass is 10.1. The summed E-state index contributed by atoms with van der Waals surface area (Å²) in [4.78, 5) is 24.6. The molecule has 0 spiro atoms. The van der Waals surface area contributed by atoms with Crippen molar-refractivity contribution < 1.29 is 12.3 Å². The third-order valence-corrected chi connectivity index (χ3v) is 3.04. The minimum Gasteiger partial charge on any atom is -0.283 e. The second kappa shape index (κ2) is 6.34. The Kier molecular flexibility index (Phi) is 3.62. The van der Waals surface area contributed by atoms with E-state index >= 15 is 0 Å². The van der Waals surface area contributed by atoms with Gasteiger partial charge in [-0.15, -0.1) is 0 Å². The summed E-state index contributed by atoms with van der Waals surface area (Å²) < 4.78 is 16.1. The van der Waals surface area contributed by atoms with Crippen molar-refractivity contribution in [2.24, 2.45) is 0 Å². The Balaban J connectivity index is 1.83. The van der Waals surface area contributed by atoms with Crippen LogP contribution in [0.1, 0.15) is 40.4 Å². The maximum atomic E-state index is 11.9. The first-order chi connectivity index (χ1) is 9.50. The van der Waals surface area contributed by atoms with Crippen molar-refractivity contribution in [2.45, 2.75) is 38.5 Å². The Morgan fingerprint density at radius 3 is 2.72 bits per heavy atom. The zero-order valence-corrected chi connectivity index (χ0v) is 10.4. The molecule has 2 rings (SSSR count). The molecule has 0 saturated carbocycles. The second-order valence-electron chi connectivity index (χ2n) is 4.44. The zero-order chi connectivity index (χ0) is 14.6. The maximum Gasteiger partial charge on any atom is 0.229 e. The highest BCUT2D eigenvalue weighted by Crippen LogP contribution is 2.13. The molecule has 0 N–H and O–H groups in total. The number of hydrogen-bond acceptors (Lipinski definition) is 2. The van der Waals surface area contributed by atoms with E-state index in [0.717, 1.165) is 6.42 Å². The second-order valence-corrected chi connectivity index (χ2v) is 4.44. The molecule has 0 unspecified atom stereocenters. The molecule has 1 heterocycles. The lowest BCUT2D eigenvalue weighted by Crippen LogP contribution is -2.31. The normalized spacial score (nSPS) is 17.6. The molecule has 1 aliphatic heterocycles.